The molecule has 3 rings (SSSR count). The molecule has 0 saturated carbocycles. The highest BCUT2D eigenvalue weighted by atomic mass is 32.2. The summed E-state index contributed by atoms with van der Waals surface area (Å²) < 4.78 is 26.0. The Hall–Kier alpha value is -2.34. The van der Waals surface area contributed by atoms with Crippen LogP contribution in [0.2, 0.25) is 0 Å². The van der Waals surface area contributed by atoms with Gasteiger partial charge in [-0.25, -0.2) is 8.42 Å². The molecular formula is C22H28N2O3S. The van der Waals surface area contributed by atoms with Crippen molar-refractivity contribution in [2.24, 2.45) is 5.92 Å². The molecule has 0 spiro atoms. The molecule has 0 aliphatic carbocycles. The zero-order chi connectivity index (χ0) is 20.3. The smallest absolute Gasteiger partial charge is 0.253 e. The maximum absolute atomic E-state index is 12.7. The number of benzene rings is 2. The van der Waals surface area contributed by atoms with Crippen molar-refractivity contribution in [3.63, 3.8) is 0 Å². The van der Waals surface area contributed by atoms with Crippen molar-refractivity contribution in [3.05, 3.63) is 65.2 Å². The van der Waals surface area contributed by atoms with Crippen LogP contribution in [-0.2, 0) is 16.6 Å². The fraction of sp³-hybridized carbons (Fsp3) is 0.409. The number of carbonyl (C=O) groups excluding carboxylic acids is 1. The van der Waals surface area contributed by atoms with Gasteiger partial charge < -0.3 is 4.90 Å². The number of nitrogens with zero attached hydrogens (tertiary/aromatic N) is 2. The molecule has 1 saturated heterocycles. The van der Waals surface area contributed by atoms with E-state index < -0.39 is 10.0 Å². The van der Waals surface area contributed by atoms with Gasteiger partial charge in [0.25, 0.3) is 5.91 Å². The van der Waals surface area contributed by atoms with E-state index >= 15 is 0 Å². The van der Waals surface area contributed by atoms with Gasteiger partial charge in [-0.1, -0.05) is 31.2 Å². The first kappa shape index (κ1) is 20.4. The highest BCUT2D eigenvalue weighted by molar-refractivity contribution is 7.92. The Labute approximate surface area is 168 Å². The summed E-state index contributed by atoms with van der Waals surface area (Å²) in [6.45, 7) is 5.95. The minimum Gasteiger partial charge on any atom is -0.338 e. The van der Waals surface area contributed by atoms with Crippen molar-refractivity contribution >= 4 is 21.6 Å². The second kappa shape index (κ2) is 8.35. The maximum atomic E-state index is 12.7. The average Bonchev–Trinajstić information content (AvgIpc) is 2.65. The van der Waals surface area contributed by atoms with Crippen molar-refractivity contribution in [3.8, 4) is 0 Å². The predicted molar refractivity (Wildman–Crippen MR) is 113 cm³/mol. The average molecular weight is 401 g/mol. The molecule has 150 valence electrons. The lowest BCUT2D eigenvalue weighted by atomic mass is 9.99. The first-order chi connectivity index (χ1) is 13.2. The van der Waals surface area contributed by atoms with Gasteiger partial charge >= 0.3 is 0 Å². The Kier molecular flexibility index (Phi) is 6.08. The number of rotatable bonds is 5. The van der Waals surface area contributed by atoms with Crippen LogP contribution in [0.3, 0.4) is 0 Å². The van der Waals surface area contributed by atoms with E-state index in [1.165, 1.54) is 17.0 Å². The summed E-state index contributed by atoms with van der Waals surface area (Å²) in [6, 6.07) is 14.7. The topological polar surface area (TPSA) is 57.7 Å². The van der Waals surface area contributed by atoms with E-state index in [1.807, 2.05) is 42.2 Å². The van der Waals surface area contributed by atoms with Crippen LogP contribution in [-0.4, -0.2) is 38.6 Å². The van der Waals surface area contributed by atoms with Gasteiger partial charge in [0.15, 0.2) is 0 Å². The number of hydrogen-bond acceptors (Lipinski definition) is 3. The minimum absolute atomic E-state index is 0.0525. The van der Waals surface area contributed by atoms with Gasteiger partial charge in [-0.15, -0.1) is 0 Å². The summed E-state index contributed by atoms with van der Waals surface area (Å²) in [4.78, 5) is 14.6. The molecule has 6 heteroatoms. The van der Waals surface area contributed by atoms with Crippen LogP contribution in [0.5, 0.6) is 0 Å². The monoisotopic (exact) mass is 400 g/mol. The van der Waals surface area contributed by atoms with E-state index in [0.717, 1.165) is 30.6 Å². The lowest BCUT2D eigenvalue weighted by Gasteiger charge is -2.31. The molecule has 1 aliphatic heterocycles. The molecule has 5 nitrogen and oxygen atoms in total. The number of sulfonamides is 1. The molecule has 1 atom stereocenters. The third-order valence-corrected chi connectivity index (χ3v) is 6.30. The Morgan fingerprint density at radius 2 is 1.89 bits per heavy atom. The first-order valence-corrected chi connectivity index (χ1v) is 11.5. The van der Waals surface area contributed by atoms with Crippen LogP contribution in [0.1, 0.15) is 41.3 Å². The lowest BCUT2D eigenvalue weighted by molar-refractivity contribution is 0.0683. The molecule has 1 heterocycles. The largest absolute Gasteiger partial charge is 0.338 e. The molecule has 1 aliphatic rings. The predicted octanol–water partition coefficient (Wildman–Crippen LogP) is 3.83. The summed E-state index contributed by atoms with van der Waals surface area (Å²) in [5.74, 6) is 0.589. The van der Waals surface area contributed by atoms with Crippen LogP contribution < -0.4 is 4.31 Å². The van der Waals surface area contributed by atoms with E-state index in [0.29, 0.717) is 17.2 Å². The molecule has 0 radical (unpaired) electrons. The van der Waals surface area contributed by atoms with Crippen LogP contribution in [0.25, 0.3) is 0 Å². The fourth-order valence-electron chi connectivity index (χ4n) is 3.66. The van der Waals surface area contributed by atoms with Gasteiger partial charge in [0.2, 0.25) is 10.0 Å². The van der Waals surface area contributed by atoms with Gasteiger partial charge in [0.1, 0.15) is 0 Å². The Morgan fingerprint density at radius 3 is 2.50 bits per heavy atom. The minimum atomic E-state index is -3.42. The number of hydrogen-bond donors (Lipinski definition) is 0. The Balaban J connectivity index is 1.77. The molecule has 2 aromatic rings. The Bertz CT molecular complexity index is 939. The lowest BCUT2D eigenvalue weighted by Crippen LogP contribution is -2.39. The quantitative estimate of drug-likeness (QED) is 0.766. The summed E-state index contributed by atoms with van der Waals surface area (Å²) in [5, 5.41) is 0. The first-order valence-electron chi connectivity index (χ1n) is 9.66. The van der Waals surface area contributed by atoms with E-state index in [9.17, 15) is 13.2 Å². The van der Waals surface area contributed by atoms with Gasteiger partial charge in [-0.3, -0.25) is 9.10 Å². The molecular weight excluding hydrogens is 372 g/mol. The zero-order valence-electron chi connectivity index (χ0n) is 16.8. The number of aryl methyl sites for hydroxylation is 1. The van der Waals surface area contributed by atoms with Crippen molar-refractivity contribution in [2.45, 2.75) is 33.2 Å². The van der Waals surface area contributed by atoms with Crippen LogP contribution in [0.4, 0.5) is 5.69 Å². The van der Waals surface area contributed by atoms with Crippen LogP contribution in [0, 0.1) is 12.8 Å². The standard InChI is InChI=1S/C22H28N2O3S/c1-17-6-4-8-21(14-17)24(28(3,26)27)16-19-9-11-20(12-10-19)22(25)23-13-5-7-18(2)15-23/h4,6,8-12,14,18H,5,7,13,15-16H2,1-3H3/t18-/m1/s1. The normalized spacial score (nSPS) is 17.4. The van der Waals surface area contributed by atoms with Gasteiger partial charge in [0.05, 0.1) is 18.5 Å². The second-order valence-corrected chi connectivity index (χ2v) is 9.71. The van der Waals surface area contributed by atoms with E-state index in [2.05, 4.69) is 6.92 Å². The molecule has 28 heavy (non-hydrogen) atoms. The SMILES string of the molecule is Cc1cccc(N(Cc2ccc(C(=O)N3CCC[C@@H](C)C3)cc2)S(C)(=O)=O)c1. The summed E-state index contributed by atoms with van der Waals surface area (Å²) in [6.07, 6.45) is 3.43. The highest BCUT2D eigenvalue weighted by Crippen LogP contribution is 2.23. The van der Waals surface area contributed by atoms with Gasteiger partial charge in [0, 0.05) is 18.7 Å². The van der Waals surface area contributed by atoms with E-state index in [4.69, 9.17) is 0 Å². The maximum Gasteiger partial charge on any atom is 0.253 e. The number of carbonyl (C=O) groups is 1. The van der Waals surface area contributed by atoms with Crippen molar-refractivity contribution in [2.75, 3.05) is 23.7 Å². The third-order valence-electron chi connectivity index (χ3n) is 5.16. The molecule has 1 amide bonds. The number of likely N-dealkylation sites (tertiary alicyclic amines) is 1. The van der Waals surface area contributed by atoms with Gasteiger partial charge in [-0.05, 0) is 61.1 Å². The highest BCUT2D eigenvalue weighted by Gasteiger charge is 2.22. The van der Waals surface area contributed by atoms with Gasteiger partial charge in [-0.2, -0.15) is 0 Å². The summed E-state index contributed by atoms with van der Waals surface area (Å²) in [5.41, 5.74) is 3.14. The number of anilines is 1. The molecule has 0 N–H and O–H groups in total. The second-order valence-electron chi connectivity index (χ2n) is 7.80. The molecule has 2 aromatic carbocycles. The van der Waals surface area contributed by atoms with Crippen molar-refractivity contribution in [1.82, 2.24) is 4.90 Å². The Morgan fingerprint density at radius 1 is 1.18 bits per heavy atom. The van der Waals surface area contributed by atoms with Crippen LogP contribution >= 0.6 is 0 Å². The number of amides is 1. The summed E-state index contributed by atoms with van der Waals surface area (Å²) in [7, 11) is -3.42. The van der Waals surface area contributed by atoms with Crippen molar-refractivity contribution < 1.29 is 13.2 Å². The zero-order valence-corrected chi connectivity index (χ0v) is 17.6. The number of piperidine rings is 1. The van der Waals surface area contributed by atoms with Crippen molar-refractivity contribution in [1.29, 1.82) is 0 Å². The van der Waals surface area contributed by atoms with E-state index in [1.54, 1.807) is 18.2 Å². The summed E-state index contributed by atoms with van der Waals surface area (Å²) >= 11 is 0. The molecule has 0 unspecified atom stereocenters. The molecule has 1 fully saturated rings. The molecule has 0 bridgehead atoms. The fourth-order valence-corrected chi connectivity index (χ4v) is 4.54. The molecule has 0 aromatic heterocycles. The third kappa shape index (κ3) is 4.93. The van der Waals surface area contributed by atoms with E-state index in [-0.39, 0.29) is 12.5 Å². The van der Waals surface area contributed by atoms with Crippen LogP contribution in [0.15, 0.2) is 48.5 Å².